The lowest BCUT2D eigenvalue weighted by atomic mass is 9.73. The van der Waals surface area contributed by atoms with E-state index in [2.05, 4.69) is 4.98 Å². The highest BCUT2D eigenvalue weighted by Gasteiger charge is 2.51. The zero-order valence-electron chi connectivity index (χ0n) is 12.9. The van der Waals surface area contributed by atoms with Gasteiger partial charge in [0.2, 0.25) is 5.91 Å². The Bertz CT molecular complexity index is 797. The van der Waals surface area contributed by atoms with Crippen molar-refractivity contribution >= 4 is 22.7 Å². The molecule has 3 N–H and O–H groups in total. The van der Waals surface area contributed by atoms with Gasteiger partial charge in [0.05, 0.1) is 7.11 Å². The first-order valence-corrected chi connectivity index (χ1v) is 7.86. The molecule has 0 bridgehead atoms. The highest BCUT2D eigenvalue weighted by atomic mass is 16.5. The van der Waals surface area contributed by atoms with Gasteiger partial charge < -0.3 is 20.4 Å². The quantitative estimate of drug-likeness (QED) is 0.900. The summed E-state index contributed by atoms with van der Waals surface area (Å²) in [5.41, 5.74) is 6.86. The van der Waals surface area contributed by atoms with Gasteiger partial charge in [0.1, 0.15) is 17.5 Å². The summed E-state index contributed by atoms with van der Waals surface area (Å²) >= 11 is 0. The van der Waals surface area contributed by atoms with Crippen molar-refractivity contribution in [2.45, 2.75) is 18.9 Å². The number of hydrogen-bond acceptors (Lipinski definition) is 3. The molecule has 1 saturated heterocycles. The van der Waals surface area contributed by atoms with Gasteiger partial charge in [-0.3, -0.25) is 9.59 Å². The van der Waals surface area contributed by atoms with Crippen molar-refractivity contribution < 1.29 is 14.3 Å². The van der Waals surface area contributed by atoms with Gasteiger partial charge >= 0.3 is 0 Å². The number of carbonyl (C=O) groups is 2. The van der Waals surface area contributed by atoms with E-state index in [9.17, 15) is 9.59 Å². The van der Waals surface area contributed by atoms with Crippen molar-refractivity contribution in [1.82, 2.24) is 9.88 Å². The molecule has 2 aliphatic rings. The summed E-state index contributed by atoms with van der Waals surface area (Å²) in [5.74, 6) is 0.789. The maximum Gasteiger partial charge on any atom is 0.271 e. The Morgan fingerprint density at radius 2 is 2.17 bits per heavy atom. The number of ether oxygens (including phenoxy) is 1. The molecule has 1 saturated carbocycles. The molecule has 1 aliphatic heterocycles. The van der Waals surface area contributed by atoms with Gasteiger partial charge in [-0.15, -0.1) is 0 Å². The zero-order chi connectivity index (χ0) is 16.1. The molecular weight excluding hydrogens is 294 g/mol. The van der Waals surface area contributed by atoms with Crippen LogP contribution >= 0.6 is 0 Å². The molecule has 6 nitrogen and oxygen atoms in total. The number of rotatable bonds is 3. The van der Waals surface area contributed by atoms with Gasteiger partial charge in [0, 0.05) is 17.4 Å². The second kappa shape index (κ2) is 5.01. The maximum absolute atomic E-state index is 12.9. The van der Waals surface area contributed by atoms with Gasteiger partial charge in [-0.05, 0) is 42.9 Å². The summed E-state index contributed by atoms with van der Waals surface area (Å²) in [6.07, 6.45) is 2.04. The molecule has 4 rings (SSSR count). The molecule has 120 valence electrons. The fourth-order valence-corrected chi connectivity index (χ4v) is 3.98. The molecule has 2 aromatic rings. The Morgan fingerprint density at radius 3 is 2.83 bits per heavy atom. The largest absolute Gasteiger partial charge is 0.496 e. The number of fused-ring (bicyclic) bond motifs is 2. The summed E-state index contributed by atoms with van der Waals surface area (Å²) in [4.78, 5) is 29.5. The van der Waals surface area contributed by atoms with Gasteiger partial charge in [0.15, 0.2) is 0 Å². The molecule has 0 spiro atoms. The lowest BCUT2D eigenvalue weighted by Crippen LogP contribution is -2.47. The second-order valence-electron chi connectivity index (χ2n) is 6.41. The molecule has 2 fully saturated rings. The smallest absolute Gasteiger partial charge is 0.271 e. The summed E-state index contributed by atoms with van der Waals surface area (Å²) in [5, 5.41) is 0.858. The van der Waals surface area contributed by atoms with E-state index in [1.165, 1.54) is 0 Å². The van der Waals surface area contributed by atoms with E-state index in [0.717, 1.165) is 23.7 Å². The topological polar surface area (TPSA) is 88.4 Å². The van der Waals surface area contributed by atoms with E-state index < -0.39 is 11.9 Å². The molecule has 2 amide bonds. The molecule has 3 unspecified atom stereocenters. The molecular formula is C17H19N3O3. The summed E-state index contributed by atoms with van der Waals surface area (Å²) in [7, 11) is 1.60. The van der Waals surface area contributed by atoms with Crippen LogP contribution in [0.2, 0.25) is 0 Å². The number of carbonyl (C=O) groups excluding carboxylic acids is 2. The average Bonchev–Trinajstić information content (AvgIpc) is 3.05. The monoisotopic (exact) mass is 313 g/mol. The van der Waals surface area contributed by atoms with Crippen LogP contribution in [0, 0.1) is 11.8 Å². The van der Waals surface area contributed by atoms with Crippen molar-refractivity contribution in [2.75, 3.05) is 13.7 Å². The summed E-state index contributed by atoms with van der Waals surface area (Å²) < 4.78 is 5.33. The van der Waals surface area contributed by atoms with Crippen LogP contribution in [0.15, 0.2) is 24.3 Å². The van der Waals surface area contributed by atoms with Crippen LogP contribution in [-0.4, -0.2) is 41.4 Å². The minimum Gasteiger partial charge on any atom is -0.496 e. The highest BCUT2D eigenvalue weighted by molar-refractivity contribution is 6.01. The van der Waals surface area contributed by atoms with Crippen LogP contribution in [-0.2, 0) is 4.79 Å². The van der Waals surface area contributed by atoms with Crippen LogP contribution in [0.1, 0.15) is 23.3 Å². The third-order valence-corrected chi connectivity index (χ3v) is 5.28. The Kier molecular flexibility index (Phi) is 3.07. The number of benzene rings is 1. The number of nitrogens with one attached hydrogen (secondary N) is 1. The van der Waals surface area contributed by atoms with Crippen LogP contribution < -0.4 is 10.5 Å². The number of primary amides is 1. The lowest BCUT2D eigenvalue weighted by Gasteiger charge is -2.31. The van der Waals surface area contributed by atoms with E-state index in [1.807, 2.05) is 18.2 Å². The molecule has 0 radical (unpaired) electrons. The summed E-state index contributed by atoms with van der Waals surface area (Å²) in [6, 6.07) is 6.93. The first-order chi connectivity index (χ1) is 11.1. The standard InChI is InChI=1S/C17H19N3O3/c1-23-14-4-2-3-12-11(14)7-13(19-12)17(22)20-8-9-5-6-10(9)15(20)16(18)21/h2-4,7,9-10,15,19H,5-6,8H2,1H3,(H2,18,21). The third kappa shape index (κ3) is 2.01. The number of aromatic nitrogens is 1. The van der Waals surface area contributed by atoms with Crippen LogP contribution in [0.5, 0.6) is 5.75 Å². The van der Waals surface area contributed by atoms with Crippen molar-refractivity contribution in [2.24, 2.45) is 17.6 Å². The minimum absolute atomic E-state index is 0.165. The highest BCUT2D eigenvalue weighted by Crippen LogP contribution is 2.45. The molecule has 1 aliphatic carbocycles. The summed E-state index contributed by atoms with van der Waals surface area (Å²) in [6.45, 7) is 0.615. The van der Waals surface area contributed by atoms with Gasteiger partial charge in [-0.1, -0.05) is 6.07 Å². The van der Waals surface area contributed by atoms with Crippen LogP contribution in [0.4, 0.5) is 0 Å². The number of aromatic amines is 1. The minimum atomic E-state index is -0.477. The normalized spacial score (nSPS) is 26.0. The third-order valence-electron chi connectivity index (χ3n) is 5.28. The van der Waals surface area contributed by atoms with E-state index in [-0.39, 0.29) is 11.8 Å². The van der Waals surface area contributed by atoms with E-state index >= 15 is 0 Å². The molecule has 23 heavy (non-hydrogen) atoms. The first kappa shape index (κ1) is 14.1. The zero-order valence-corrected chi connectivity index (χ0v) is 12.9. The van der Waals surface area contributed by atoms with Crippen molar-refractivity contribution in [3.05, 3.63) is 30.0 Å². The SMILES string of the molecule is COc1cccc2[nH]c(C(=O)N3CC4CCC4C3C(N)=O)cc12. The number of methoxy groups -OCH3 is 1. The Morgan fingerprint density at radius 1 is 1.35 bits per heavy atom. The maximum atomic E-state index is 12.9. The first-order valence-electron chi connectivity index (χ1n) is 7.86. The van der Waals surface area contributed by atoms with E-state index in [4.69, 9.17) is 10.5 Å². The second-order valence-corrected chi connectivity index (χ2v) is 6.41. The Balaban J connectivity index is 1.70. The van der Waals surface area contributed by atoms with Crippen molar-refractivity contribution in [1.29, 1.82) is 0 Å². The number of amides is 2. The van der Waals surface area contributed by atoms with Gasteiger partial charge in [-0.25, -0.2) is 0 Å². The molecule has 2 heterocycles. The van der Waals surface area contributed by atoms with Crippen LogP contribution in [0.3, 0.4) is 0 Å². The van der Waals surface area contributed by atoms with E-state index in [0.29, 0.717) is 23.9 Å². The molecule has 3 atom stereocenters. The molecule has 1 aromatic heterocycles. The molecule has 6 heteroatoms. The fourth-order valence-electron chi connectivity index (χ4n) is 3.98. The number of likely N-dealkylation sites (tertiary alicyclic amines) is 1. The number of hydrogen-bond donors (Lipinski definition) is 2. The lowest BCUT2D eigenvalue weighted by molar-refractivity contribution is -0.123. The van der Waals surface area contributed by atoms with Crippen molar-refractivity contribution in [3.63, 3.8) is 0 Å². The van der Waals surface area contributed by atoms with E-state index in [1.54, 1.807) is 18.1 Å². The number of H-pyrrole nitrogens is 1. The van der Waals surface area contributed by atoms with Crippen molar-refractivity contribution in [3.8, 4) is 5.75 Å². The van der Waals surface area contributed by atoms with Crippen LogP contribution in [0.25, 0.3) is 10.9 Å². The fraction of sp³-hybridized carbons (Fsp3) is 0.412. The molecule has 1 aromatic carbocycles. The Labute approximate surface area is 133 Å². The number of nitrogens with two attached hydrogens (primary N) is 1. The predicted octanol–water partition coefficient (Wildman–Crippen LogP) is 1.51. The Hall–Kier alpha value is -2.50. The predicted molar refractivity (Wildman–Crippen MR) is 85.1 cm³/mol. The average molecular weight is 313 g/mol. The number of nitrogens with zero attached hydrogens (tertiary/aromatic N) is 1. The van der Waals surface area contributed by atoms with Gasteiger partial charge in [0.25, 0.3) is 5.91 Å². The van der Waals surface area contributed by atoms with Gasteiger partial charge in [-0.2, -0.15) is 0 Å².